The highest BCUT2D eigenvalue weighted by atomic mass is 32.2. The van der Waals surface area contributed by atoms with Crippen molar-refractivity contribution in [3.05, 3.63) is 23.1 Å². The van der Waals surface area contributed by atoms with Crippen molar-refractivity contribution in [1.82, 2.24) is 14.8 Å². The summed E-state index contributed by atoms with van der Waals surface area (Å²) in [5.74, 6) is 0.307. The number of H-pyrrole nitrogens is 1. The number of halogens is 1. The molecule has 6 heteroatoms. The number of allylic oxidation sites excluding steroid dienone is 1. The Morgan fingerprint density at radius 1 is 1.77 bits per heavy atom. The average Bonchev–Trinajstić information content (AvgIpc) is 2.46. The summed E-state index contributed by atoms with van der Waals surface area (Å²) < 4.78 is 13.2. The van der Waals surface area contributed by atoms with Gasteiger partial charge in [0.1, 0.15) is 0 Å². The zero-order valence-corrected chi connectivity index (χ0v) is 7.81. The molecule has 0 aromatic carbocycles. The van der Waals surface area contributed by atoms with Gasteiger partial charge in [0.15, 0.2) is 5.16 Å². The molecule has 1 aromatic heterocycles. The molecule has 0 saturated carbocycles. The molecule has 1 rings (SSSR count). The van der Waals surface area contributed by atoms with Crippen LogP contribution in [-0.2, 0) is 6.54 Å². The molecule has 0 aliphatic heterocycles. The van der Waals surface area contributed by atoms with Gasteiger partial charge in [0.2, 0.25) is 0 Å². The minimum atomic E-state index is -0.431. The van der Waals surface area contributed by atoms with Gasteiger partial charge in [0.25, 0.3) is 0 Å². The second kappa shape index (κ2) is 4.86. The molecule has 0 unspecified atom stereocenters. The smallest absolute Gasteiger partial charge is 0.266 e. The number of alkyl halides is 1. The molecule has 0 bridgehead atoms. The van der Waals surface area contributed by atoms with Crippen molar-refractivity contribution in [2.45, 2.75) is 11.7 Å². The van der Waals surface area contributed by atoms with Gasteiger partial charge in [-0.05, 0) is 0 Å². The molecular weight excluding hydrogens is 193 g/mol. The van der Waals surface area contributed by atoms with Gasteiger partial charge in [-0.25, -0.2) is 9.89 Å². The van der Waals surface area contributed by atoms with Crippen LogP contribution >= 0.6 is 11.8 Å². The van der Waals surface area contributed by atoms with E-state index >= 15 is 0 Å². The lowest BCUT2D eigenvalue weighted by atomic mass is 10.6. The predicted octanol–water partition coefficient (Wildman–Crippen LogP) is 0.819. The fourth-order valence-corrected chi connectivity index (χ4v) is 1.52. The number of hydrogen-bond donors (Lipinski definition) is 1. The largest absolute Gasteiger partial charge is 0.344 e. The minimum absolute atomic E-state index is 0.291. The maximum Gasteiger partial charge on any atom is 0.344 e. The molecular formula is C7H10FN3OS. The summed E-state index contributed by atoms with van der Waals surface area (Å²) in [5.41, 5.74) is -0.291. The lowest BCUT2D eigenvalue weighted by molar-refractivity contribution is 0.532. The zero-order chi connectivity index (χ0) is 9.68. The summed E-state index contributed by atoms with van der Waals surface area (Å²) in [6.45, 7) is 3.48. The maximum atomic E-state index is 11.8. The highest BCUT2D eigenvalue weighted by Crippen LogP contribution is 2.12. The lowest BCUT2D eigenvalue weighted by Crippen LogP contribution is -2.16. The number of rotatable bonds is 5. The van der Waals surface area contributed by atoms with Crippen LogP contribution in [0.5, 0.6) is 0 Å². The number of thioether (sulfide) groups is 1. The summed E-state index contributed by atoms with van der Waals surface area (Å²) in [5, 5.41) is 6.55. The Balaban J connectivity index is 2.80. The fraction of sp³-hybridized carbons (Fsp3) is 0.429. The Labute approximate surface area is 78.8 Å². The van der Waals surface area contributed by atoms with Crippen LogP contribution in [-0.4, -0.2) is 27.2 Å². The molecule has 1 aromatic rings. The number of nitrogens with one attached hydrogen (secondary N) is 1. The fourth-order valence-electron chi connectivity index (χ4n) is 0.833. The van der Waals surface area contributed by atoms with E-state index in [1.54, 1.807) is 6.08 Å². The zero-order valence-electron chi connectivity index (χ0n) is 6.99. The maximum absolute atomic E-state index is 11.8. The van der Waals surface area contributed by atoms with Crippen LogP contribution < -0.4 is 5.69 Å². The first-order valence-corrected chi connectivity index (χ1v) is 4.73. The standard InChI is InChI=1S/C7H10FN3OS/c1-2-4-11-6(12)9-10-7(11)13-5-3-8/h2H,1,3-5H2,(H,9,12). The van der Waals surface area contributed by atoms with Gasteiger partial charge in [-0.15, -0.1) is 11.7 Å². The molecule has 4 nitrogen and oxygen atoms in total. The molecule has 0 aliphatic rings. The quantitative estimate of drug-likeness (QED) is 0.569. The monoisotopic (exact) mass is 203 g/mol. The molecule has 0 saturated heterocycles. The number of nitrogens with zero attached hydrogens (tertiary/aromatic N) is 2. The first-order valence-electron chi connectivity index (χ1n) is 3.74. The van der Waals surface area contributed by atoms with Crippen LogP contribution in [0.15, 0.2) is 22.6 Å². The van der Waals surface area contributed by atoms with E-state index in [0.29, 0.717) is 17.5 Å². The SMILES string of the molecule is C=CCn1c(SCCF)n[nH]c1=O. The molecule has 1 heterocycles. The van der Waals surface area contributed by atoms with Gasteiger partial charge >= 0.3 is 5.69 Å². The third kappa shape index (κ3) is 2.45. The van der Waals surface area contributed by atoms with E-state index in [4.69, 9.17) is 0 Å². The number of aromatic amines is 1. The second-order valence-corrected chi connectivity index (χ2v) is 3.31. The average molecular weight is 203 g/mol. The number of aromatic nitrogens is 3. The van der Waals surface area contributed by atoms with Crippen molar-refractivity contribution in [2.75, 3.05) is 12.4 Å². The van der Waals surface area contributed by atoms with E-state index in [0.717, 1.165) is 0 Å². The summed E-state index contributed by atoms with van der Waals surface area (Å²) in [7, 11) is 0. The van der Waals surface area contributed by atoms with Gasteiger partial charge in [-0.2, -0.15) is 0 Å². The normalized spacial score (nSPS) is 10.2. The molecule has 72 valence electrons. The van der Waals surface area contributed by atoms with Crippen LogP contribution in [0.1, 0.15) is 0 Å². The van der Waals surface area contributed by atoms with E-state index in [-0.39, 0.29) is 5.69 Å². The van der Waals surface area contributed by atoms with Crippen LogP contribution in [0, 0.1) is 0 Å². The Hall–Kier alpha value is -1.04. The highest BCUT2D eigenvalue weighted by Gasteiger charge is 2.06. The van der Waals surface area contributed by atoms with E-state index < -0.39 is 6.67 Å². The van der Waals surface area contributed by atoms with E-state index in [1.807, 2.05) is 0 Å². The van der Waals surface area contributed by atoms with E-state index in [1.165, 1.54) is 16.3 Å². The van der Waals surface area contributed by atoms with Crippen molar-refractivity contribution in [2.24, 2.45) is 0 Å². The van der Waals surface area contributed by atoms with Crippen molar-refractivity contribution >= 4 is 11.8 Å². The Morgan fingerprint density at radius 3 is 3.15 bits per heavy atom. The molecule has 1 N–H and O–H groups in total. The van der Waals surface area contributed by atoms with Crippen LogP contribution in [0.2, 0.25) is 0 Å². The van der Waals surface area contributed by atoms with Gasteiger partial charge in [-0.3, -0.25) is 8.96 Å². The number of hydrogen-bond acceptors (Lipinski definition) is 3. The Morgan fingerprint density at radius 2 is 2.54 bits per heavy atom. The topological polar surface area (TPSA) is 50.7 Å². The third-order valence-corrected chi connectivity index (χ3v) is 2.27. The lowest BCUT2D eigenvalue weighted by Gasteiger charge is -1.99. The van der Waals surface area contributed by atoms with E-state index in [2.05, 4.69) is 16.8 Å². The van der Waals surface area contributed by atoms with E-state index in [9.17, 15) is 9.18 Å². The van der Waals surface area contributed by atoms with Crippen molar-refractivity contribution in [3.8, 4) is 0 Å². The molecule has 0 fully saturated rings. The van der Waals surface area contributed by atoms with Crippen LogP contribution in [0.3, 0.4) is 0 Å². The molecule has 13 heavy (non-hydrogen) atoms. The van der Waals surface area contributed by atoms with Crippen molar-refractivity contribution < 1.29 is 4.39 Å². The first kappa shape index (κ1) is 10.0. The van der Waals surface area contributed by atoms with Crippen LogP contribution in [0.25, 0.3) is 0 Å². The third-order valence-electron chi connectivity index (χ3n) is 1.34. The van der Waals surface area contributed by atoms with Gasteiger partial charge < -0.3 is 0 Å². The van der Waals surface area contributed by atoms with Gasteiger partial charge in [0.05, 0.1) is 6.67 Å². The second-order valence-electron chi connectivity index (χ2n) is 2.25. The summed E-state index contributed by atoms with van der Waals surface area (Å²) >= 11 is 1.21. The highest BCUT2D eigenvalue weighted by molar-refractivity contribution is 7.99. The Kier molecular flexibility index (Phi) is 3.75. The van der Waals surface area contributed by atoms with Gasteiger partial charge in [0, 0.05) is 12.3 Å². The summed E-state index contributed by atoms with van der Waals surface area (Å²) in [4.78, 5) is 11.1. The minimum Gasteiger partial charge on any atom is -0.266 e. The molecule has 0 spiro atoms. The molecule has 0 atom stereocenters. The van der Waals surface area contributed by atoms with Crippen molar-refractivity contribution in [1.29, 1.82) is 0 Å². The molecule has 0 aliphatic carbocycles. The summed E-state index contributed by atoms with van der Waals surface area (Å²) in [6.07, 6.45) is 1.59. The first-order chi connectivity index (χ1) is 6.29. The van der Waals surface area contributed by atoms with Gasteiger partial charge in [-0.1, -0.05) is 17.8 Å². The summed E-state index contributed by atoms with van der Waals surface area (Å²) in [6, 6.07) is 0. The predicted molar refractivity (Wildman–Crippen MR) is 49.7 cm³/mol. The van der Waals surface area contributed by atoms with Crippen LogP contribution in [0.4, 0.5) is 4.39 Å². The molecule has 0 radical (unpaired) electrons. The van der Waals surface area contributed by atoms with Crippen molar-refractivity contribution in [3.63, 3.8) is 0 Å². The Bertz CT molecular complexity index is 333. The molecule has 0 amide bonds.